The summed E-state index contributed by atoms with van der Waals surface area (Å²) in [6.07, 6.45) is 55.7. The molecule has 17 nitrogen and oxygen atoms in total. The van der Waals surface area contributed by atoms with Crippen LogP contribution in [0.1, 0.15) is 395 Å². The number of carbonyl (C=O) groups excluding carboxylic acids is 4. The first-order valence-corrected chi connectivity index (χ1v) is 42.5. The van der Waals surface area contributed by atoms with Crippen LogP contribution in [0.3, 0.4) is 0 Å². The molecule has 0 aromatic heterocycles. The van der Waals surface area contributed by atoms with Gasteiger partial charge in [-0.2, -0.15) is 0 Å². The Kier molecular flexibility index (Phi) is 66.5. The Morgan fingerprint density at radius 3 is 0.716 bits per heavy atom. The standard InChI is InChI=1S/C76H148O17P2/c1-7-9-11-13-15-17-18-19-20-21-22-23-24-25-26-27-30-36-42-48-54-60-75(80)92-72(65-87-74(79)59-53-47-41-35-31-28-29-33-38-44-50-56-68(3)4)67-91-95(84,85)89-63-70(77)62-88-94(82,83)90-66-71(64-86-73(78)58-52-46-40-16-14-12-10-8-2)93-76(81)61-55-49-43-37-32-34-39-45-51-57-69(5)6/h68-72,77H,7-67H2,1-6H3,(H,82,83)(H,84,85)/t70-,71+,72+/m0/s1. The summed E-state index contributed by atoms with van der Waals surface area (Å²) < 4.78 is 68.4. The van der Waals surface area contributed by atoms with Crippen molar-refractivity contribution in [3.05, 3.63) is 0 Å². The van der Waals surface area contributed by atoms with Crippen LogP contribution in [0.15, 0.2) is 0 Å². The van der Waals surface area contributed by atoms with Crippen molar-refractivity contribution < 1.29 is 80.2 Å². The molecule has 0 fully saturated rings. The zero-order valence-corrected chi connectivity index (χ0v) is 63.8. The minimum absolute atomic E-state index is 0.105. The molecule has 95 heavy (non-hydrogen) atoms. The highest BCUT2D eigenvalue weighted by Crippen LogP contribution is 2.45. The van der Waals surface area contributed by atoms with Crippen LogP contribution >= 0.6 is 15.6 Å². The summed E-state index contributed by atoms with van der Waals surface area (Å²) >= 11 is 0. The second-order valence-corrected chi connectivity index (χ2v) is 31.3. The lowest BCUT2D eigenvalue weighted by Crippen LogP contribution is -2.30. The first kappa shape index (κ1) is 93.1. The minimum atomic E-state index is -4.96. The van der Waals surface area contributed by atoms with Crippen LogP contribution in [0.5, 0.6) is 0 Å². The summed E-state index contributed by atoms with van der Waals surface area (Å²) in [6.45, 7) is 9.54. The Balaban J connectivity index is 5.18. The molecule has 0 saturated carbocycles. The Bertz CT molecular complexity index is 1840. The van der Waals surface area contributed by atoms with Gasteiger partial charge in [-0.25, -0.2) is 9.13 Å². The Morgan fingerprint density at radius 1 is 0.284 bits per heavy atom. The highest BCUT2D eigenvalue weighted by molar-refractivity contribution is 7.47. The van der Waals surface area contributed by atoms with Gasteiger partial charge in [-0.15, -0.1) is 0 Å². The molecule has 19 heteroatoms. The predicted octanol–water partition coefficient (Wildman–Crippen LogP) is 22.3. The molecule has 2 unspecified atom stereocenters. The quantitative estimate of drug-likeness (QED) is 0.0222. The van der Waals surface area contributed by atoms with E-state index < -0.39 is 97.5 Å². The second-order valence-electron chi connectivity index (χ2n) is 28.3. The number of hydrogen-bond acceptors (Lipinski definition) is 15. The van der Waals surface area contributed by atoms with Gasteiger partial charge in [-0.1, -0.05) is 343 Å². The van der Waals surface area contributed by atoms with Crippen molar-refractivity contribution in [1.29, 1.82) is 0 Å². The molecular formula is C76H148O17P2. The van der Waals surface area contributed by atoms with Crippen molar-refractivity contribution in [2.24, 2.45) is 11.8 Å². The highest BCUT2D eigenvalue weighted by Gasteiger charge is 2.30. The van der Waals surface area contributed by atoms with Crippen molar-refractivity contribution in [1.82, 2.24) is 0 Å². The molecule has 0 aromatic carbocycles. The fourth-order valence-electron chi connectivity index (χ4n) is 11.7. The number of aliphatic hydroxyl groups excluding tert-OH is 1. The third-order valence-corrected chi connectivity index (χ3v) is 19.6. The smallest absolute Gasteiger partial charge is 0.462 e. The number of esters is 4. The lowest BCUT2D eigenvalue weighted by molar-refractivity contribution is -0.161. The van der Waals surface area contributed by atoms with E-state index in [0.717, 1.165) is 108 Å². The number of phosphoric ester groups is 2. The van der Waals surface area contributed by atoms with E-state index in [4.69, 9.17) is 37.0 Å². The van der Waals surface area contributed by atoms with E-state index in [-0.39, 0.29) is 25.7 Å². The predicted molar refractivity (Wildman–Crippen MR) is 386 cm³/mol. The van der Waals surface area contributed by atoms with Gasteiger partial charge < -0.3 is 33.8 Å². The molecule has 0 rings (SSSR count). The summed E-state index contributed by atoms with van der Waals surface area (Å²) in [5.41, 5.74) is 0. The zero-order valence-electron chi connectivity index (χ0n) is 62.0. The van der Waals surface area contributed by atoms with Crippen LogP contribution in [0.2, 0.25) is 0 Å². The zero-order chi connectivity index (χ0) is 70.0. The Hall–Kier alpha value is -1.94. The number of ether oxygens (including phenoxy) is 4. The maximum absolute atomic E-state index is 13.1. The van der Waals surface area contributed by atoms with Crippen molar-refractivity contribution >= 4 is 39.5 Å². The van der Waals surface area contributed by atoms with E-state index in [1.165, 1.54) is 205 Å². The topological polar surface area (TPSA) is 237 Å². The fraction of sp³-hybridized carbons (Fsp3) is 0.947. The first-order chi connectivity index (χ1) is 45.9. The van der Waals surface area contributed by atoms with Crippen molar-refractivity contribution in [3.8, 4) is 0 Å². The number of unbranched alkanes of at least 4 members (excludes halogenated alkanes) is 45. The van der Waals surface area contributed by atoms with Crippen molar-refractivity contribution in [2.45, 2.75) is 413 Å². The molecule has 0 saturated heterocycles. The molecule has 0 heterocycles. The number of rotatable bonds is 75. The number of hydrogen-bond donors (Lipinski definition) is 3. The number of carbonyl (C=O) groups is 4. The average molecular weight is 1400 g/mol. The molecule has 0 aromatic rings. The van der Waals surface area contributed by atoms with Gasteiger partial charge in [0.1, 0.15) is 19.3 Å². The lowest BCUT2D eigenvalue weighted by atomic mass is 10.0. The maximum Gasteiger partial charge on any atom is 0.472 e. The normalized spacial score (nSPS) is 14.0. The van der Waals surface area contributed by atoms with Gasteiger partial charge in [-0.3, -0.25) is 37.3 Å². The largest absolute Gasteiger partial charge is 0.472 e. The second kappa shape index (κ2) is 67.9. The maximum atomic E-state index is 13.1. The third-order valence-electron chi connectivity index (χ3n) is 17.7. The van der Waals surface area contributed by atoms with E-state index in [1.54, 1.807) is 0 Å². The summed E-state index contributed by atoms with van der Waals surface area (Å²) in [4.78, 5) is 72.7. The first-order valence-electron chi connectivity index (χ1n) is 39.5. The Morgan fingerprint density at radius 2 is 0.484 bits per heavy atom. The van der Waals surface area contributed by atoms with Gasteiger partial charge in [0.15, 0.2) is 12.2 Å². The van der Waals surface area contributed by atoms with Gasteiger partial charge in [-0.05, 0) is 37.5 Å². The Labute approximate surface area is 581 Å². The van der Waals surface area contributed by atoms with E-state index in [0.29, 0.717) is 25.7 Å². The molecule has 0 aliphatic heterocycles. The SMILES string of the molecule is CCCCCCCCCCCCCCCCCCCCCCCC(=O)O[C@H](COC(=O)CCCCCCCCCCCCCC(C)C)COP(=O)(O)OC[C@@H](O)COP(=O)(O)OC[C@@H](COC(=O)CCCCCCCCCC)OC(=O)CCCCCCCCCCCC(C)C. The van der Waals surface area contributed by atoms with Crippen molar-refractivity contribution in [3.63, 3.8) is 0 Å². The minimum Gasteiger partial charge on any atom is -0.462 e. The molecule has 564 valence electrons. The van der Waals surface area contributed by atoms with Crippen LogP contribution in [-0.2, 0) is 65.4 Å². The van der Waals surface area contributed by atoms with Crippen molar-refractivity contribution in [2.75, 3.05) is 39.6 Å². The van der Waals surface area contributed by atoms with E-state index in [1.807, 2.05) is 0 Å². The van der Waals surface area contributed by atoms with Crippen LogP contribution in [0.25, 0.3) is 0 Å². The van der Waals surface area contributed by atoms with Gasteiger partial charge >= 0.3 is 39.5 Å². The number of phosphoric acid groups is 2. The van der Waals surface area contributed by atoms with Crippen LogP contribution in [-0.4, -0.2) is 96.7 Å². The van der Waals surface area contributed by atoms with Crippen LogP contribution < -0.4 is 0 Å². The molecule has 0 amide bonds. The molecule has 0 aliphatic carbocycles. The van der Waals surface area contributed by atoms with Gasteiger partial charge in [0.05, 0.1) is 26.4 Å². The molecule has 0 spiro atoms. The number of aliphatic hydroxyl groups is 1. The highest BCUT2D eigenvalue weighted by atomic mass is 31.2. The van der Waals surface area contributed by atoms with Gasteiger partial charge in [0, 0.05) is 25.7 Å². The third kappa shape index (κ3) is 70.3. The molecule has 0 bridgehead atoms. The van der Waals surface area contributed by atoms with Crippen LogP contribution in [0, 0.1) is 11.8 Å². The summed E-state index contributed by atoms with van der Waals surface area (Å²) in [5.74, 6) is -0.612. The average Bonchev–Trinajstić information content (AvgIpc) is 1.55. The molecular weight excluding hydrogens is 1250 g/mol. The molecule has 3 N–H and O–H groups in total. The van der Waals surface area contributed by atoms with E-state index in [9.17, 15) is 43.2 Å². The monoisotopic (exact) mass is 1400 g/mol. The summed E-state index contributed by atoms with van der Waals surface area (Å²) in [7, 11) is -9.91. The van der Waals surface area contributed by atoms with E-state index >= 15 is 0 Å². The lowest BCUT2D eigenvalue weighted by Gasteiger charge is -2.21. The van der Waals surface area contributed by atoms with Crippen LogP contribution in [0.4, 0.5) is 0 Å². The van der Waals surface area contributed by atoms with Gasteiger partial charge in [0.25, 0.3) is 0 Å². The van der Waals surface area contributed by atoms with Gasteiger partial charge in [0.2, 0.25) is 0 Å². The summed E-state index contributed by atoms with van der Waals surface area (Å²) in [5, 5.41) is 10.6. The summed E-state index contributed by atoms with van der Waals surface area (Å²) in [6, 6.07) is 0. The van der Waals surface area contributed by atoms with E-state index in [2.05, 4.69) is 41.5 Å². The molecule has 0 radical (unpaired) electrons. The fourth-order valence-corrected chi connectivity index (χ4v) is 13.2. The molecule has 5 atom stereocenters. The molecule has 0 aliphatic rings.